The number of carbonyl (C=O) groups excluding carboxylic acids is 2. The number of fused-ring (bicyclic) bond motifs is 1. The molecule has 3 aromatic rings. The lowest BCUT2D eigenvalue weighted by atomic mass is 9.79. The predicted molar refractivity (Wildman–Crippen MR) is 130 cm³/mol. The van der Waals surface area contributed by atoms with Gasteiger partial charge >= 0.3 is 0 Å². The molecule has 2 unspecified atom stereocenters. The third kappa shape index (κ3) is 4.73. The zero-order chi connectivity index (χ0) is 24.2. The van der Waals surface area contributed by atoms with Crippen molar-refractivity contribution in [1.82, 2.24) is 4.90 Å². The van der Waals surface area contributed by atoms with Crippen LogP contribution in [0.15, 0.2) is 72.8 Å². The number of hydrogen-bond acceptors (Lipinski definition) is 3. The third-order valence-electron chi connectivity index (χ3n) is 6.31. The van der Waals surface area contributed by atoms with Crippen LogP contribution in [0, 0.1) is 5.82 Å². The second-order valence-electron chi connectivity index (χ2n) is 8.82. The van der Waals surface area contributed by atoms with Crippen molar-refractivity contribution in [2.75, 3.05) is 25.6 Å². The molecular weight excluding hydrogens is 431 g/mol. The van der Waals surface area contributed by atoms with Crippen LogP contribution in [-0.2, 0) is 9.53 Å². The van der Waals surface area contributed by atoms with Gasteiger partial charge < -0.3 is 15.0 Å². The first-order valence-corrected chi connectivity index (χ1v) is 11.5. The van der Waals surface area contributed by atoms with E-state index in [2.05, 4.69) is 19.2 Å². The van der Waals surface area contributed by atoms with Crippen LogP contribution in [0.5, 0.6) is 0 Å². The Morgan fingerprint density at radius 1 is 1.03 bits per heavy atom. The van der Waals surface area contributed by atoms with E-state index in [1.165, 1.54) is 17.7 Å². The molecule has 3 aromatic carbocycles. The SMILES string of the molecule is COCCN1C(=O)c2ccccc2C(C(=O)Nc2ccc(C(C)C)cc2)C1c1ccc(F)cc1. The van der Waals surface area contributed by atoms with Crippen molar-refractivity contribution in [3.8, 4) is 0 Å². The number of benzene rings is 3. The van der Waals surface area contributed by atoms with Crippen molar-refractivity contribution < 1.29 is 18.7 Å². The van der Waals surface area contributed by atoms with E-state index in [1.54, 1.807) is 36.3 Å². The van der Waals surface area contributed by atoms with Crippen LogP contribution < -0.4 is 5.32 Å². The maximum absolute atomic E-state index is 13.8. The van der Waals surface area contributed by atoms with Gasteiger partial charge in [-0.25, -0.2) is 4.39 Å². The van der Waals surface area contributed by atoms with Crippen molar-refractivity contribution in [2.24, 2.45) is 0 Å². The Labute approximate surface area is 199 Å². The Morgan fingerprint density at radius 2 is 1.71 bits per heavy atom. The van der Waals surface area contributed by atoms with Gasteiger partial charge in [0.25, 0.3) is 5.91 Å². The molecule has 1 N–H and O–H groups in total. The minimum atomic E-state index is -0.680. The largest absolute Gasteiger partial charge is 0.383 e. The second-order valence-corrected chi connectivity index (χ2v) is 8.82. The van der Waals surface area contributed by atoms with Crippen LogP contribution >= 0.6 is 0 Å². The molecule has 5 nitrogen and oxygen atoms in total. The molecule has 1 heterocycles. The summed E-state index contributed by atoms with van der Waals surface area (Å²) >= 11 is 0. The van der Waals surface area contributed by atoms with E-state index in [4.69, 9.17) is 4.74 Å². The number of nitrogens with one attached hydrogen (secondary N) is 1. The van der Waals surface area contributed by atoms with Crippen LogP contribution in [0.3, 0.4) is 0 Å². The number of carbonyl (C=O) groups is 2. The molecule has 2 atom stereocenters. The first-order chi connectivity index (χ1) is 16.4. The Bertz CT molecular complexity index is 1160. The lowest BCUT2D eigenvalue weighted by Crippen LogP contribution is -2.47. The van der Waals surface area contributed by atoms with Gasteiger partial charge in [-0.3, -0.25) is 9.59 Å². The van der Waals surface area contributed by atoms with Crippen LogP contribution in [0.25, 0.3) is 0 Å². The zero-order valence-electron chi connectivity index (χ0n) is 19.6. The fourth-order valence-electron chi connectivity index (χ4n) is 4.51. The maximum Gasteiger partial charge on any atom is 0.254 e. The molecule has 176 valence electrons. The van der Waals surface area contributed by atoms with Gasteiger partial charge in [0.05, 0.1) is 18.6 Å². The fourth-order valence-corrected chi connectivity index (χ4v) is 4.51. The van der Waals surface area contributed by atoms with Gasteiger partial charge in [-0.1, -0.05) is 56.3 Å². The monoisotopic (exact) mass is 460 g/mol. The van der Waals surface area contributed by atoms with Crippen molar-refractivity contribution in [1.29, 1.82) is 0 Å². The van der Waals surface area contributed by atoms with Gasteiger partial charge in [-0.2, -0.15) is 0 Å². The summed E-state index contributed by atoms with van der Waals surface area (Å²) in [6.45, 7) is 4.85. The molecule has 0 aromatic heterocycles. The molecule has 0 radical (unpaired) electrons. The first kappa shape index (κ1) is 23.6. The fraction of sp³-hybridized carbons (Fsp3) is 0.286. The van der Waals surface area contributed by atoms with Crippen molar-refractivity contribution in [3.63, 3.8) is 0 Å². The molecule has 0 bridgehead atoms. The number of rotatable bonds is 7. The van der Waals surface area contributed by atoms with Gasteiger partial charge in [-0.05, 0) is 52.9 Å². The Morgan fingerprint density at radius 3 is 2.35 bits per heavy atom. The van der Waals surface area contributed by atoms with E-state index in [9.17, 15) is 14.0 Å². The molecule has 1 aliphatic heterocycles. The molecule has 34 heavy (non-hydrogen) atoms. The molecule has 1 aliphatic rings. The number of anilines is 1. The summed E-state index contributed by atoms with van der Waals surface area (Å²) < 4.78 is 19.0. The smallest absolute Gasteiger partial charge is 0.254 e. The van der Waals surface area contributed by atoms with Gasteiger partial charge in [-0.15, -0.1) is 0 Å². The highest BCUT2D eigenvalue weighted by molar-refractivity contribution is 6.04. The number of methoxy groups -OCH3 is 1. The quantitative estimate of drug-likeness (QED) is 0.505. The molecule has 2 amide bonds. The Hall–Kier alpha value is -3.51. The first-order valence-electron chi connectivity index (χ1n) is 11.5. The highest BCUT2D eigenvalue weighted by Gasteiger charge is 2.44. The summed E-state index contributed by atoms with van der Waals surface area (Å²) in [5, 5.41) is 3.04. The molecule has 6 heteroatoms. The zero-order valence-corrected chi connectivity index (χ0v) is 19.6. The van der Waals surface area contributed by atoms with Gasteiger partial charge in [0, 0.05) is 24.9 Å². The van der Waals surface area contributed by atoms with Crippen LogP contribution in [0.1, 0.15) is 58.8 Å². The lowest BCUT2D eigenvalue weighted by molar-refractivity contribution is -0.119. The topological polar surface area (TPSA) is 58.6 Å². The van der Waals surface area contributed by atoms with Gasteiger partial charge in [0.2, 0.25) is 5.91 Å². The number of amides is 2. The summed E-state index contributed by atoms with van der Waals surface area (Å²) in [6.07, 6.45) is 0. The van der Waals surface area contributed by atoms with Gasteiger partial charge in [0.15, 0.2) is 0 Å². The predicted octanol–water partition coefficient (Wildman–Crippen LogP) is 5.51. The number of nitrogens with zero attached hydrogens (tertiary/aromatic N) is 1. The van der Waals surface area contributed by atoms with Crippen molar-refractivity contribution >= 4 is 17.5 Å². The molecule has 0 saturated carbocycles. The van der Waals surface area contributed by atoms with E-state index < -0.39 is 12.0 Å². The maximum atomic E-state index is 13.8. The third-order valence-corrected chi connectivity index (χ3v) is 6.31. The summed E-state index contributed by atoms with van der Waals surface area (Å²) in [4.78, 5) is 28.9. The molecule has 4 rings (SSSR count). The van der Waals surface area contributed by atoms with Crippen LogP contribution in [-0.4, -0.2) is 37.0 Å². The average molecular weight is 461 g/mol. The van der Waals surface area contributed by atoms with Crippen molar-refractivity contribution in [2.45, 2.75) is 31.7 Å². The summed E-state index contributed by atoms with van der Waals surface area (Å²) in [7, 11) is 1.57. The van der Waals surface area contributed by atoms with E-state index in [0.717, 1.165) is 0 Å². The summed E-state index contributed by atoms with van der Waals surface area (Å²) in [5.41, 5.74) is 3.71. The Kier molecular flexibility index (Phi) is 7.08. The number of ether oxygens (including phenoxy) is 1. The number of hydrogen-bond donors (Lipinski definition) is 1. The van der Waals surface area contributed by atoms with Crippen LogP contribution in [0.2, 0.25) is 0 Å². The molecule has 0 aliphatic carbocycles. The van der Waals surface area contributed by atoms with Crippen molar-refractivity contribution in [3.05, 3.63) is 101 Å². The van der Waals surface area contributed by atoms with E-state index >= 15 is 0 Å². The second kappa shape index (κ2) is 10.2. The molecule has 0 spiro atoms. The van der Waals surface area contributed by atoms with Gasteiger partial charge in [0.1, 0.15) is 5.82 Å². The highest BCUT2D eigenvalue weighted by Crippen LogP contribution is 2.43. The lowest BCUT2D eigenvalue weighted by Gasteiger charge is -2.41. The summed E-state index contributed by atoms with van der Waals surface area (Å²) in [6, 6.07) is 20.4. The molecular formula is C28H29FN2O3. The minimum Gasteiger partial charge on any atom is -0.383 e. The highest BCUT2D eigenvalue weighted by atomic mass is 19.1. The minimum absolute atomic E-state index is 0.174. The normalized spacial score (nSPS) is 17.6. The molecule has 0 saturated heterocycles. The summed E-state index contributed by atoms with van der Waals surface area (Å²) in [5.74, 6) is -1.07. The standard InChI is InChI=1S/C28H29FN2O3/c1-18(2)19-10-14-22(15-11-19)30-27(32)25-23-6-4-5-7-24(23)28(33)31(16-17-34-3)26(25)20-8-12-21(29)13-9-20/h4-15,18,25-26H,16-17H2,1-3H3,(H,30,32). The Balaban J connectivity index is 1.77. The molecule has 0 fully saturated rings. The van der Waals surface area contributed by atoms with E-state index in [-0.39, 0.29) is 17.6 Å². The van der Waals surface area contributed by atoms with E-state index in [0.29, 0.717) is 41.4 Å². The number of halogens is 1. The average Bonchev–Trinajstić information content (AvgIpc) is 2.84. The van der Waals surface area contributed by atoms with E-state index in [1.807, 2.05) is 36.4 Å². The van der Waals surface area contributed by atoms with Crippen LogP contribution in [0.4, 0.5) is 10.1 Å².